The third kappa shape index (κ3) is 2.66. The molecule has 0 amide bonds. The zero-order valence-corrected chi connectivity index (χ0v) is 9.23. The molecule has 0 fully saturated rings. The van der Waals surface area contributed by atoms with Crippen molar-refractivity contribution in [3.63, 3.8) is 0 Å². The first kappa shape index (κ1) is 13.3. The van der Waals surface area contributed by atoms with Gasteiger partial charge in [0.2, 0.25) is 0 Å². The summed E-state index contributed by atoms with van der Waals surface area (Å²) in [6, 6.07) is 3.24. The number of alkyl halides is 3. The lowest BCUT2D eigenvalue weighted by atomic mass is 9.94. The summed E-state index contributed by atoms with van der Waals surface area (Å²) in [5.41, 5.74) is 2.89. The van der Waals surface area contributed by atoms with E-state index in [4.69, 9.17) is 17.3 Å². The summed E-state index contributed by atoms with van der Waals surface area (Å²) < 4.78 is 37.6. The van der Waals surface area contributed by atoms with Crippen LogP contribution in [-0.4, -0.2) is 11.7 Å². The second kappa shape index (κ2) is 4.24. The predicted molar refractivity (Wildman–Crippen MR) is 55.1 cm³/mol. The van der Waals surface area contributed by atoms with Crippen LogP contribution in [-0.2, 0) is 11.8 Å². The molecule has 0 aliphatic rings. The summed E-state index contributed by atoms with van der Waals surface area (Å²) in [4.78, 5) is 0. The Morgan fingerprint density at radius 3 is 2.38 bits per heavy atom. The van der Waals surface area contributed by atoms with Gasteiger partial charge < -0.3 is 10.8 Å². The second-order valence-electron chi connectivity index (χ2n) is 3.67. The number of hydrogen-bond acceptors (Lipinski definition) is 2. The molecule has 0 heterocycles. The van der Waals surface area contributed by atoms with E-state index in [0.29, 0.717) is 0 Å². The fourth-order valence-corrected chi connectivity index (χ4v) is 1.42. The molecule has 0 spiro atoms. The van der Waals surface area contributed by atoms with Crippen molar-refractivity contribution in [1.29, 1.82) is 0 Å². The number of nitrogens with two attached hydrogens (primary N) is 1. The van der Waals surface area contributed by atoms with Crippen LogP contribution in [0.3, 0.4) is 0 Å². The van der Waals surface area contributed by atoms with Crippen molar-refractivity contribution in [2.24, 2.45) is 5.73 Å². The number of halogens is 4. The molecule has 0 bridgehead atoms. The lowest BCUT2D eigenvalue weighted by Gasteiger charge is -2.23. The van der Waals surface area contributed by atoms with Crippen molar-refractivity contribution in [3.8, 4) is 0 Å². The standard InChI is InChI=1S/C10H11ClF3NO/c1-9(16,5-15)6-2-3-8(11)7(4-6)10(12,13)14/h2-4,16H,5,15H2,1H3. The van der Waals surface area contributed by atoms with E-state index < -0.39 is 22.4 Å². The highest BCUT2D eigenvalue weighted by atomic mass is 35.5. The van der Waals surface area contributed by atoms with Crippen molar-refractivity contribution in [2.75, 3.05) is 6.54 Å². The third-order valence-corrected chi connectivity index (χ3v) is 2.62. The fourth-order valence-electron chi connectivity index (χ4n) is 1.20. The molecule has 1 rings (SSSR count). The SMILES string of the molecule is CC(O)(CN)c1ccc(Cl)c(C(F)(F)F)c1. The molecule has 90 valence electrons. The minimum Gasteiger partial charge on any atom is -0.384 e. The van der Waals surface area contributed by atoms with Crippen LogP contribution in [0.2, 0.25) is 5.02 Å². The Bertz CT molecular complexity index is 390. The maximum atomic E-state index is 12.5. The molecule has 1 unspecified atom stereocenters. The molecule has 1 aromatic rings. The topological polar surface area (TPSA) is 46.2 Å². The minimum absolute atomic E-state index is 0.0896. The number of benzene rings is 1. The number of aliphatic hydroxyl groups is 1. The van der Waals surface area contributed by atoms with Gasteiger partial charge in [0, 0.05) is 6.54 Å². The molecule has 1 atom stereocenters. The first-order valence-corrected chi connectivity index (χ1v) is 4.86. The van der Waals surface area contributed by atoms with Crippen molar-refractivity contribution in [1.82, 2.24) is 0 Å². The monoisotopic (exact) mass is 253 g/mol. The van der Waals surface area contributed by atoms with E-state index in [9.17, 15) is 18.3 Å². The molecule has 0 aliphatic heterocycles. The van der Waals surface area contributed by atoms with Crippen LogP contribution < -0.4 is 5.73 Å². The molecular weight excluding hydrogens is 243 g/mol. The molecule has 3 N–H and O–H groups in total. The summed E-state index contributed by atoms with van der Waals surface area (Å²) in [6.45, 7) is 1.17. The van der Waals surface area contributed by atoms with Gasteiger partial charge in [0.1, 0.15) is 0 Å². The molecule has 0 saturated carbocycles. The Morgan fingerprint density at radius 1 is 1.38 bits per heavy atom. The summed E-state index contributed by atoms with van der Waals surface area (Å²) in [7, 11) is 0. The van der Waals surface area contributed by atoms with Gasteiger partial charge in [0.15, 0.2) is 0 Å². The van der Waals surface area contributed by atoms with Gasteiger partial charge in [-0.25, -0.2) is 0 Å². The minimum atomic E-state index is -4.54. The molecule has 1 aromatic carbocycles. The second-order valence-corrected chi connectivity index (χ2v) is 4.08. The van der Waals surface area contributed by atoms with Crippen molar-refractivity contribution in [2.45, 2.75) is 18.7 Å². The Labute approximate surface area is 95.8 Å². The molecule has 0 aliphatic carbocycles. The van der Waals surface area contributed by atoms with Crippen LogP contribution in [0.4, 0.5) is 13.2 Å². The van der Waals surface area contributed by atoms with Gasteiger partial charge >= 0.3 is 6.18 Å². The Morgan fingerprint density at radius 2 is 1.94 bits per heavy atom. The molecule has 0 aromatic heterocycles. The van der Waals surface area contributed by atoms with Crippen molar-refractivity contribution in [3.05, 3.63) is 34.3 Å². The Kier molecular flexibility index (Phi) is 3.52. The first-order valence-electron chi connectivity index (χ1n) is 4.48. The van der Waals surface area contributed by atoms with E-state index in [1.54, 1.807) is 0 Å². The van der Waals surface area contributed by atoms with E-state index in [1.165, 1.54) is 13.0 Å². The van der Waals surface area contributed by atoms with Gasteiger partial charge in [0.25, 0.3) is 0 Å². The predicted octanol–water partition coefficient (Wildman–Crippen LogP) is 2.53. The number of rotatable bonds is 2. The highest BCUT2D eigenvalue weighted by molar-refractivity contribution is 6.31. The zero-order chi connectivity index (χ0) is 12.6. The van der Waals surface area contributed by atoms with Gasteiger partial charge in [-0.2, -0.15) is 13.2 Å². The van der Waals surface area contributed by atoms with Crippen molar-refractivity contribution < 1.29 is 18.3 Å². The van der Waals surface area contributed by atoms with Crippen LogP contribution in [0.1, 0.15) is 18.1 Å². The maximum Gasteiger partial charge on any atom is 0.417 e. The normalized spacial score (nSPS) is 15.9. The third-order valence-electron chi connectivity index (χ3n) is 2.29. The zero-order valence-electron chi connectivity index (χ0n) is 8.48. The van der Waals surface area contributed by atoms with Gasteiger partial charge in [0.05, 0.1) is 16.2 Å². The van der Waals surface area contributed by atoms with Crippen molar-refractivity contribution >= 4 is 11.6 Å². The fraction of sp³-hybridized carbons (Fsp3) is 0.400. The summed E-state index contributed by atoms with van der Waals surface area (Å²) >= 11 is 5.44. The average molecular weight is 254 g/mol. The molecule has 2 nitrogen and oxygen atoms in total. The van der Waals surface area contributed by atoms with E-state index in [-0.39, 0.29) is 12.1 Å². The highest BCUT2D eigenvalue weighted by Crippen LogP contribution is 2.36. The molecule has 16 heavy (non-hydrogen) atoms. The van der Waals surface area contributed by atoms with Crippen LogP contribution >= 0.6 is 11.6 Å². The van der Waals surface area contributed by atoms with Gasteiger partial charge in [-0.05, 0) is 24.6 Å². The molecule has 6 heteroatoms. The molecule has 0 saturated heterocycles. The van der Waals surface area contributed by atoms with E-state index >= 15 is 0 Å². The van der Waals surface area contributed by atoms with Crippen LogP contribution in [0, 0.1) is 0 Å². The Hall–Kier alpha value is -0.780. The van der Waals surface area contributed by atoms with E-state index in [1.807, 2.05) is 0 Å². The maximum absolute atomic E-state index is 12.5. The van der Waals surface area contributed by atoms with Gasteiger partial charge in [-0.3, -0.25) is 0 Å². The summed E-state index contributed by atoms with van der Waals surface area (Å²) in [6.07, 6.45) is -4.54. The molecule has 0 radical (unpaired) electrons. The molecular formula is C10H11ClF3NO. The quantitative estimate of drug-likeness (QED) is 0.851. The Balaban J connectivity index is 3.29. The largest absolute Gasteiger partial charge is 0.417 e. The average Bonchev–Trinajstić information content (AvgIpc) is 2.16. The van der Waals surface area contributed by atoms with E-state index in [0.717, 1.165) is 12.1 Å². The van der Waals surface area contributed by atoms with Crippen LogP contribution in [0.25, 0.3) is 0 Å². The lowest BCUT2D eigenvalue weighted by Crippen LogP contribution is -2.31. The van der Waals surface area contributed by atoms with Gasteiger partial charge in [-0.1, -0.05) is 17.7 Å². The van der Waals surface area contributed by atoms with Crippen LogP contribution in [0.15, 0.2) is 18.2 Å². The lowest BCUT2D eigenvalue weighted by molar-refractivity contribution is -0.137. The smallest absolute Gasteiger partial charge is 0.384 e. The summed E-state index contributed by atoms with van der Waals surface area (Å²) in [5.74, 6) is 0. The summed E-state index contributed by atoms with van der Waals surface area (Å²) in [5, 5.41) is 9.34. The van der Waals surface area contributed by atoms with Crippen LogP contribution in [0.5, 0.6) is 0 Å². The highest BCUT2D eigenvalue weighted by Gasteiger charge is 2.35. The van der Waals surface area contributed by atoms with Gasteiger partial charge in [-0.15, -0.1) is 0 Å². The van der Waals surface area contributed by atoms with E-state index in [2.05, 4.69) is 0 Å². The first-order chi connectivity index (χ1) is 7.18. The number of hydrogen-bond donors (Lipinski definition) is 2.